The Kier molecular flexibility index (Phi) is 3.49. The predicted octanol–water partition coefficient (Wildman–Crippen LogP) is 2.29. The van der Waals surface area contributed by atoms with E-state index >= 15 is 0 Å². The van der Waals surface area contributed by atoms with Gasteiger partial charge in [0.1, 0.15) is 5.69 Å². The normalized spacial score (nSPS) is 10.5. The Hall–Kier alpha value is -1.33. The SMILES string of the molecule is Nc1c(Cl)ncn(Cc2cccc(Br)c2)c1=O. The van der Waals surface area contributed by atoms with Crippen molar-refractivity contribution in [2.75, 3.05) is 5.73 Å². The summed E-state index contributed by atoms with van der Waals surface area (Å²) in [6.45, 7) is 0.409. The Balaban J connectivity index is 2.37. The first-order valence-electron chi connectivity index (χ1n) is 4.83. The van der Waals surface area contributed by atoms with E-state index in [9.17, 15) is 4.79 Å². The zero-order chi connectivity index (χ0) is 12.4. The molecule has 0 atom stereocenters. The minimum atomic E-state index is -0.329. The lowest BCUT2D eigenvalue weighted by Crippen LogP contribution is -2.24. The van der Waals surface area contributed by atoms with Crippen molar-refractivity contribution in [3.63, 3.8) is 0 Å². The van der Waals surface area contributed by atoms with Crippen LogP contribution in [0.1, 0.15) is 5.56 Å². The number of nitrogens with two attached hydrogens (primary N) is 1. The van der Waals surface area contributed by atoms with Crippen LogP contribution in [0.15, 0.2) is 39.9 Å². The van der Waals surface area contributed by atoms with E-state index < -0.39 is 0 Å². The second-order valence-electron chi connectivity index (χ2n) is 3.51. The number of aromatic nitrogens is 2. The van der Waals surface area contributed by atoms with Crippen LogP contribution in [0.4, 0.5) is 5.69 Å². The summed E-state index contributed by atoms with van der Waals surface area (Å²) in [5.74, 6) is 0. The van der Waals surface area contributed by atoms with Gasteiger partial charge in [-0.05, 0) is 17.7 Å². The molecule has 0 amide bonds. The van der Waals surface area contributed by atoms with Crippen LogP contribution in [0.2, 0.25) is 5.15 Å². The molecule has 2 N–H and O–H groups in total. The van der Waals surface area contributed by atoms with Gasteiger partial charge in [-0.15, -0.1) is 0 Å². The number of nitrogen functional groups attached to an aromatic ring is 1. The lowest BCUT2D eigenvalue weighted by Gasteiger charge is -2.07. The van der Waals surface area contributed by atoms with Gasteiger partial charge in [0.2, 0.25) is 0 Å². The van der Waals surface area contributed by atoms with Crippen molar-refractivity contribution >= 4 is 33.2 Å². The molecule has 0 aliphatic carbocycles. The molecule has 0 spiro atoms. The zero-order valence-corrected chi connectivity index (χ0v) is 11.1. The highest BCUT2D eigenvalue weighted by Crippen LogP contribution is 2.13. The molecule has 2 rings (SSSR count). The van der Waals surface area contributed by atoms with Crippen molar-refractivity contribution < 1.29 is 0 Å². The fourth-order valence-corrected chi connectivity index (χ4v) is 2.00. The molecule has 0 aliphatic heterocycles. The molecule has 0 aliphatic rings. The van der Waals surface area contributed by atoms with E-state index in [1.807, 2.05) is 24.3 Å². The molecule has 1 aromatic carbocycles. The fourth-order valence-electron chi connectivity index (χ4n) is 1.43. The third kappa shape index (κ3) is 2.68. The zero-order valence-electron chi connectivity index (χ0n) is 8.73. The van der Waals surface area contributed by atoms with E-state index in [1.54, 1.807) is 0 Å². The molecule has 4 nitrogen and oxygen atoms in total. The van der Waals surface area contributed by atoms with Crippen LogP contribution in [0.3, 0.4) is 0 Å². The summed E-state index contributed by atoms with van der Waals surface area (Å²) in [7, 11) is 0. The average Bonchev–Trinajstić information content (AvgIpc) is 2.30. The van der Waals surface area contributed by atoms with Crippen LogP contribution in [-0.2, 0) is 6.54 Å². The molecular weight excluding hydrogens is 305 g/mol. The molecule has 0 radical (unpaired) electrons. The van der Waals surface area contributed by atoms with Gasteiger partial charge in [0.15, 0.2) is 5.15 Å². The van der Waals surface area contributed by atoms with Crippen molar-refractivity contribution in [3.8, 4) is 0 Å². The summed E-state index contributed by atoms with van der Waals surface area (Å²) in [4.78, 5) is 15.6. The van der Waals surface area contributed by atoms with Crippen LogP contribution >= 0.6 is 27.5 Å². The van der Waals surface area contributed by atoms with E-state index in [4.69, 9.17) is 17.3 Å². The smallest absolute Gasteiger partial charge is 0.278 e. The van der Waals surface area contributed by atoms with Gasteiger partial charge < -0.3 is 5.73 Å². The standard InChI is InChI=1S/C11H9BrClN3O/c12-8-3-1-2-7(4-8)5-16-6-15-10(13)9(14)11(16)17/h1-4,6H,5,14H2. The van der Waals surface area contributed by atoms with E-state index in [1.165, 1.54) is 10.9 Å². The van der Waals surface area contributed by atoms with E-state index in [2.05, 4.69) is 20.9 Å². The molecular formula is C11H9BrClN3O. The van der Waals surface area contributed by atoms with Crippen LogP contribution in [0.25, 0.3) is 0 Å². The molecule has 6 heteroatoms. The molecule has 0 unspecified atom stereocenters. The highest BCUT2D eigenvalue weighted by molar-refractivity contribution is 9.10. The number of halogens is 2. The summed E-state index contributed by atoms with van der Waals surface area (Å²) in [6.07, 6.45) is 1.39. The topological polar surface area (TPSA) is 60.9 Å². The van der Waals surface area contributed by atoms with Crippen molar-refractivity contribution in [2.24, 2.45) is 0 Å². The lowest BCUT2D eigenvalue weighted by molar-refractivity contribution is 0.739. The second-order valence-corrected chi connectivity index (χ2v) is 4.79. The molecule has 1 heterocycles. The average molecular weight is 315 g/mol. The van der Waals surface area contributed by atoms with Crippen LogP contribution in [0, 0.1) is 0 Å². The Labute approximate surface area is 111 Å². The first-order chi connectivity index (χ1) is 8.08. The second kappa shape index (κ2) is 4.89. The molecule has 0 bridgehead atoms. The molecule has 0 fully saturated rings. The van der Waals surface area contributed by atoms with Crippen LogP contribution in [0.5, 0.6) is 0 Å². The largest absolute Gasteiger partial charge is 0.392 e. The van der Waals surface area contributed by atoms with Gasteiger partial charge in [-0.2, -0.15) is 0 Å². The van der Waals surface area contributed by atoms with Gasteiger partial charge in [0, 0.05) is 4.47 Å². The highest BCUT2D eigenvalue weighted by Gasteiger charge is 2.06. The molecule has 2 aromatic rings. The Bertz CT molecular complexity index is 612. The summed E-state index contributed by atoms with van der Waals surface area (Å²) >= 11 is 9.03. The molecule has 17 heavy (non-hydrogen) atoms. The quantitative estimate of drug-likeness (QED) is 0.865. The van der Waals surface area contributed by atoms with Gasteiger partial charge in [-0.1, -0.05) is 39.7 Å². The Morgan fingerprint density at radius 3 is 2.94 bits per heavy atom. The van der Waals surface area contributed by atoms with Crippen molar-refractivity contribution in [1.29, 1.82) is 0 Å². The van der Waals surface area contributed by atoms with Gasteiger partial charge in [-0.3, -0.25) is 9.36 Å². The van der Waals surface area contributed by atoms with Crippen LogP contribution < -0.4 is 11.3 Å². The van der Waals surface area contributed by atoms with Gasteiger partial charge in [-0.25, -0.2) is 4.98 Å². The number of hydrogen-bond acceptors (Lipinski definition) is 3. The molecule has 1 aromatic heterocycles. The van der Waals surface area contributed by atoms with Gasteiger partial charge in [0.05, 0.1) is 12.9 Å². The van der Waals surface area contributed by atoms with Gasteiger partial charge in [0.25, 0.3) is 5.56 Å². The van der Waals surface area contributed by atoms with Crippen molar-refractivity contribution in [1.82, 2.24) is 9.55 Å². The summed E-state index contributed by atoms with van der Waals surface area (Å²) in [6, 6.07) is 7.66. The maximum absolute atomic E-state index is 11.8. The lowest BCUT2D eigenvalue weighted by atomic mass is 10.2. The highest BCUT2D eigenvalue weighted by atomic mass is 79.9. The Morgan fingerprint density at radius 2 is 2.24 bits per heavy atom. The predicted molar refractivity (Wildman–Crippen MR) is 71.2 cm³/mol. The number of nitrogens with zero attached hydrogens (tertiary/aromatic N) is 2. The molecule has 0 saturated carbocycles. The fraction of sp³-hybridized carbons (Fsp3) is 0.0909. The minimum absolute atomic E-state index is 0.0239. The van der Waals surface area contributed by atoms with Crippen molar-refractivity contribution in [2.45, 2.75) is 6.54 Å². The summed E-state index contributed by atoms with van der Waals surface area (Å²) in [5, 5.41) is 0.0421. The first-order valence-corrected chi connectivity index (χ1v) is 6.00. The third-order valence-corrected chi connectivity index (χ3v) is 3.06. The van der Waals surface area contributed by atoms with Crippen molar-refractivity contribution in [3.05, 3.63) is 56.1 Å². The van der Waals surface area contributed by atoms with E-state index in [0.717, 1.165) is 10.0 Å². The first kappa shape index (κ1) is 12.1. The molecule has 0 saturated heterocycles. The maximum Gasteiger partial charge on any atom is 0.278 e. The maximum atomic E-state index is 11.8. The van der Waals surface area contributed by atoms with Gasteiger partial charge >= 0.3 is 0 Å². The number of rotatable bonds is 2. The van der Waals surface area contributed by atoms with Crippen LogP contribution in [-0.4, -0.2) is 9.55 Å². The Morgan fingerprint density at radius 1 is 1.47 bits per heavy atom. The summed E-state index contributed by atoms with van der Waals surface area (Å²) in [5.41, 5.74) is 6.15. The van der Waals surface area contributed by atoms with E-state index in [-0.39, 0.29) is 16.4 Å². The number of hydrogen-bond donors (Lipinski definition) is 1. The number of benzene rings is 1. The minimum Gasteiger partial charge on any atom is -0.392 e. The monoisotopic (exact) mass is 313 g/mol. The summed E-state index contributed by atoms with van der Waals surface area (Å²) < 4.78 is 2.38. The third-order valence-electron chi connectivity index (χ3n) is 2.27. The van der Waals surface area contributed by atoms with E-state index in [0.29, 0.717) is 6.54 Å². The number of anilines is 1. The molecule has 88 valence electrons.